The average Bonchev–Trinajstić information content (AvgIpc) is 2.75. The SMILES string of the molecule is CC(Cc1nnn(C)n1)C(=O)c1ccccc1. The van der Waals surface area contributed by atoms with Crippen molar-refractivity contribution in [1.82, 2.24) is 20.2 Å². The van der Waals surface area contributed by atoms with E-state index in [4.69, 9.17) is 0 Å². The number of Topliss-reactive ketones (excluding diaryl/α,β-unsaturated/α-hetero) is 1. The Kier molecular flexibility index (Phi) is 3.27. The van der Waals surface area contributed by atoms with Gasteiger partial charge in [-0.1, -0.05) is 37.3 Å². The first-order valence-corrected chi connectivity index (χ1v) is 5.49. The van der Waals surface area contributed by atoms with Crippen LogP contribution in [0, 0.1) is 5.92 Å². The van der Waals surface area contributed by atoms with Crippen molar-refractivity contribution in [2.45, 2.75) is 13.3 Å². The molecule has 1 aromatic carbocycles. The number of hydrogen-bond acceptors (Lipinski definition) is 4. The molecule has 5 nitrogen and oxygen atoms in total. The highest BCUT2D eigenvalue weighted by Crippen LogP contribution is 2.11. The van der Waals surface area contributed by atoms with Crippen LogP contribution in [0.2, 0.25) is 0 Å². The van der Waals surface area contributed by atoms with Gasteiger partial charge in [0.15, 0.2) is 11.6 Å². The molecule has 0 aliphatic carbocycles. The number of ketones is 1. The molecular formula is C12H14N4O. The van der Waals surface area contributed by atoms with Gasteiger partial charge in [-0.3, -0.25) is 4.79 Å². The molecule has 17 heavy (non-hydrogen) atoms. The highest BCUT2D eigenvalue weighted by molar-refractivity contribution is 5.97. The van der Waals surface area contributed by atoms with Crippen molar-refractivity contribution >= 4 is 5.78 Å². The van der Waals surface area contributed by atoms with Gasteiger partial charge in [0.05, 0.1) is 7.05 Å². The van der Waals surface area contributed by atoms with Gasteiger partial charge >= 0.3 is 0 Å². The third kappa shape index (κ3) is 2.75. The molecule has 0 spiro atoms. The second-order valence-corrected chi connectivity index (χ2v) is 4.03. The number of aromatic nitrogens is 4. The highest BCUT2D eigenvalue weighted by Gasteiger charge is 2.17. The minimum atomic E-state index is -0.137. The van der Waals surface area contributed by atoms with Gasteiger partial charge in [-0.2, -0.15) is 4.80 Å². The molecule has 88 valence electrons. The first-order valence-electron chi connectivity index (χ1n) is 5.49. The molecule has 0 aliphatic rings. The second-order valence-electron chi connectivity index (χ2n) is 4.03. The van der Waals surface area contributed by atoms with Crippen LogP contribution >= 0.6 is 0 Å². The normalized spacial score (nSPS) is 12.4. The Morgan fingerprint density at radius 2 is 2.06 bits per heavy atom. The molecule has 1 aromatic heterocycles. The molecule has 0 bridgehead atoms. The van der Waals surface area contributed by atoms with Crippen LogP contribution in [0.3, 0.4) is 0 Å². The van der Waals surface area contributed by atoms with Crippen molar-refractivity contribution in [3.63, 3.8) is 0 Å². The van der Waals surface area contributed by atoms with Crippen LogP contribution in [-0.4, -0.2) is 26.0 Å². The summed E-state index contributed by atoms with van der Waals surface area (Å²) in [5.41, 5.74) is 0.726. The zero-order chi connectivity index (χ0) is 12.3. The van der Waals surface area contributed by atoms with Crippen molar-refractivity contribution in [3.05, 3.63) is 41.7 Å². The van der Waals surface area contributed by atoms with Gasteiger partial charge in [0.25, 0.3) is 0 Å². The van der Waals surface area contributed by atoms with E-state index in [0.29, 0.717) is 12.2 Å². The Labute approximate surface area is 99.5 Å². The predicted octanol–water partition coefficient (Wildman–Crippen LogP) is 1.27. The lowest BCUT2D eigenvalue weighted by atomic mass is 9.96. The number of hydrogen-bond donors (Lipinski definition) is 0. The molecule has 0 aliphatic heterocycles. The van der Waals surface area contributed by atoms with Gasteiger partial charge < -0.3 is 0 Å². The van der Waals surface area contributed by atoms with Crippen LogP contribution in [-0.2, 0) is 13.5 Å². The fraction of sp³-hybridized carbons (Fsp3) is 0.333. The summed E-state index contributed by atoms with van der Waals surface area (Å²) >= 11 is 0. The molecule has 1 atom stereocenters. The number of carbonyl (C=O) groups is 1. The Hall–Kier alpha value is -2.04. The van der Waals surface area contributed by atoms with Crippen molar-refractivity contribution in [2.75, 3.05) is 0 Å². The summed E-state index contributed by atoms with van der Waals surface area (Å²) in [5.74, 6) is 0.573. The van der Waals surface area contributed by atoms with Crippen LogP contribution in [0.4, 0.5) is 0 Å². The number of carbonyl (C=O) groups excluding carboxylic acids is 1. The van der Waals surface area contributed by atoms with Crippen molar-refractivity contribution in [2.24, 2.45) is 13.0 Å². The van der Waals surface area contributed by atoms with E-state index in [1.165, 1.54) is 4.80 Å². The van der Waals surface area contributed by atoms with E-state index in [1.807, 2.05) is 37.3 Å². The third-order valence-electron chi connectivity index (χ3n) is 2.54. The minimum Gasteiger partial charge on any atom is -0.294 e. The molecule has 5 heteroatoms. The molecule has 2 rings (SSSR count). The van der Waals surface area contributed by atoms with Gasteiger partial charge in [-0.05, 0) is 5.21 Å². The highest BCUT2D eigenvalue weighted by atomic mass is 16.1. The lowest BCUT2D eigenvalue weighted by Gasteiger charge is -2.07. The fourth-order valence-corrected chi connectivity index (χ4v) is 1.66. The summed E-state index contributed by atoms with van der Waals surface area (Å²) in [6.45, 7) is 1.88. The Morgan fingerprint density at radius 1 is 1.35 bits per heavy atom. The van der Waals surface area contributed by atoms with Gasteiger partial charge in [-0.15, -0.1) is 10.2 Å². The summed E-state index contributed by atoms with van der Waals surface area (Å²) in [4.78, 5) is 13.5. The third-order valence-corrected chi connectivity index (χ3v) is 2.54. The maximum absolute atomic E-state index is 12.1. The van der Waals surface area contributed by atoms with Crippen LogP contribution < -0.4 is 0 Å². The standard InChI is InChI=1S/C12H14N4O/c1-9(8-11-13-15-16(2)14-11)12(17)10-6-4-3-5-7-10/h3-7,9H,8H2,1-2H3. The first kappa shape index (κ1) is 11.4. The van der Waals surface area contributed by atoms with Gasteiger partial charge in [-0.25, -0.2) is 0 Å². The Morgan fingerprint density at radius 3 is 2.65 bits per heavy atom. The van der Waals surface area contributed by atoms with E-state index in [9.17, 15) is 4.79 Å². The van der Waals surface area contributed by atoms with Gasteiger partial charge in [0.1, 0.15) is 0 Å². The monoisotopic (exact) mass is 230 g/mol. The van der Waals surface area contributed by atoms with Crippen molar-refractivity contribution in [1.29, 1.82) is 0 Å². The largest absolute Gasteiger partial charge is 0.294 e. The molecule has 0 amide bonds. The molecule has 0 N–H and O–H groups in total. The summed E-state index contributed by atoms with van der Waals surface area (Å²) in [5, 5.41) is 11.7. The summed E-state index contributed by atoms with van der Waals surface area (Å²) < 4.78 is 0. The quantitative estimate of drug-likeness (QED) is 0.742. The molecule has 2 aromatic rings. The molecule has 1 unspecified atom stereocenters. The molecular weight excluding hydrogens is 216 g/mol. The van der Waals surface area contributed by atoms with E-state index in [0.717, 1.165) is 5.56 Å². The number of benzene rings is 1. The van der Waals surface area contributed by atoms with Crippen LogP contribution in [0.15, 0.2) is 30.3 Å². The molecule has 0 radical (unpaired) electrons. The number of rotatable bonds is 4. The van der Waals surface area contributed by atoms with E-state index in [2.05, 4.69) is 15.4 Å². The maximum atomic E-state index is 12.1. The Bertz CT molecular complexity index is 506. The van der Waals surface area contributed by atoms with Gasteiger partial charge in [0, 0.05) is 17.9 Å². The molecule has 0 saturated heterocycles. The average molecular weight is 230 g/mol. The minimum absolute atomic E-state index is 0.109. The topological polar surface area (TPSA) is 60.7 Å². The van der Waals surface area contributed by atoms with Crippen LogP contribution in [0.5, 0.6) is 0 Å². The number of tetrazole rings is 1. The van der Waals surface area contributed by atoms with E-state index in [-0.39, 0.29) is 11.7 Å². The van der Waals surface area contributed by atoms with Crippen molar-refractivity contribution in [3.8, 4) is 0 Å². The zero-order valence-electron chi connectivity index (χ0n) is 9.87. The fourth-order valence-electron chi connectivity index (χ4n) is 1.66. The van der Waals surface area contributed by atoms with Crippen LogP contribution in [0.25, 0.3) is 0 Å². The smallest absolute Gasteiger partial charge is 0.175 e. The predicted molar refractivity (Wildman–Crippen MR) is 62.4 cm³/mol. The maximum Gasteiger partial charge on any atom is 0.175 e. The summed E-state index contributed by atoms with van der Waals surface area (Å²) in [6.07, 6.45) is 0.515. The summed E-state index contributed by atoms with van der Waals surface area (Å²) in [7, 11) is 1.71. The second kappa shape index (κ2) is 4.86. The van der Waals surface area contributed by atoms with E-state index < -0.39 is 0 Å². The van der Waals surface area contributed by atoms with Crippen LogP contribution in [0.1, 0.15) is 23.1 Å². The van der Waals surface area contributed by atoms with E-state index >= 15 is 0 Å². The Balaban J connectivity index is 2.06. The van der Waals surface area contributed by atoms with E-state index in [1.54, 1.807) is 7.05 Å². The summed E-state index contributed by atoms with van der Waals surface area (Å²) in [6, 6.07) is 9.26. The molecule has 1 heterocycles. The van der Waals surface area contributed by atoms with Gasteiger partial charge in [0.2, 0.25) is 0 Å². The molecule has 0 fully saturated rings. The zero-order valence-corrected chi connectivity index (χ0v) is 9.87. The molecule has 0 saturated carbocycles. The lowest BCUT2D eigenvalue weighted by molar-refractivity contribution is 0.0928. The number of aryl methyl sites for hydroxylation is 1. The first-order chi connectivity index (χ1) is 8.16. The number of nitrogens with zero attached hydrogens (tertiary/aromatic N) is 4. The lowest BCUT2D eigenvalue weighted by Crippen LogP contribution is -2.14. The van der Waals surface area contributed by atoms with Crippen molar-refractivity contribution < 1.29 is 4.79 Å².